The van der Waals surface area contributed by atoms with Gasteiger partial charge in [0.25, 0.3) is 0 Å². The van der Waals surface area contributed by atoms with E-state index < -0.39 is 49.5 Å². The highest BCUT2D eigenvalue weighted by molar-refractivity contribution is 5.76. The second kappa shape index (κ2) is 66.3. The summed E-state index contributed by atoms with van der Waals surface area (Å²) in [4.78, 5) is 13.2. The van der Waals surface area contributed by atoms with Crippen LogP contribution in [-0.4, -0.2) is 87.5 Å². The molecule has 1 amide bonds. The van der Waals surface area contributed by atoms with Crippen LogP contribution >= 0.6 is 0 Å². The van der Waals surface area contributed by atoms with Gasteiger partial charge in [-0.1, -0.05) is 334 Å². The number of carbonyl (C=O) groups is 1. The van der Waals surface area contributed by atoms with E-state index in [1.807, 2.05) is 0 Å². The van der Waals surface area contributed by atoms with Crippen molar-refractivity contribution in [1.82, 2.24) is 5.32 Å². The van der Waals surface area contributed by atoms with Gasteiger partial charge >= 0.3 is 0 Å². The third-order valence-corrected chi connectivity index (χ3v) is 16.5. The minimum Gasteiger partial charge on any atom is -0.394 e. The summed E-state index contributed by atoms with van der Waals surface area (Å²) >= 11 is 0. The number of hydrogen-bond acceptors (Lipinski definition) is 8. The molecule has 0 aromatic heterocycles. The number of carbonyl (C=O) groups excluding carboxylic acids is 1. The summed E-state index contributed by atoms with van der Waals surface area (Å²) in [6.07, 6.45) is 93.7. The van der Waals surface area contributed by atoms with Crippen molar-refractivity contribution in [3.8, 4) is 0 Å². The quantitative estimate of drug-likeness (QED) is 0.0261. The van der Waals surface area contributed by atoms with Crippen LogP contribution in [0, 0.1) is 0 Å². The number of nitrogens with one attached hydrogen (secondary N) is 1. The zero-order valence-corrected chi connectivity index (χ0v) is 56.4. The largest absolute Gasteiger partial charge is 0.394 e. The molecule has 1 aliphatic rings. The van der Waals surface area contributed by atoms with E-state index in [0.717, 1.165) is 122 Å². The zero-order valence-electron chi connectivity index (χ0n) is 56.4. The first-order chi connectivity index (χ1) is 43.3. The van der Waals surface area contributed by atoms with E-state index >= 15 is 0 Å². The van der Waals surface area contributed by atoms with Crippen LogP contribution in [0.4, 0.5) is 0 Å². The molecule has 1 saturated heterocycles. The van der Waals surface area contributed by atoms with E-state index in [2.05, 4.69) is 153 Å². The molecule has 0 aromatic rings. The first-order valence-corrected chi connectivity index (χ1v) is 36.4. The average Bonchev–Trinajstić information content (AvgIpc) is 3.31. The lowest BCUT2D eigenvalue weighted by Gasteiger charge is -2.40. The van der Waals surface area contributed by atoms with Crippen LogP contribution < -0.4 is 5.32 Å². The van der Waals surface area contributed by atoms with Crippen molar-refractivity contribution in [2.24, 2.45) is 0 Å². The molecule has 0 aromatic carbocycles. The molecule has 1 fully saturated rings. The Morgan fingerprint density at radius 3 is 1.05 bits per heavy atom. The second-order valence-electron chi connectivity index (χ2n) is 24.7. The summed E-state index contributed by atoms with van der Waals surface area (Å²) in [5.74, 6) is -0.157. The highest BCUT2D eigenvalue weighted by Crippen LogP contribution is 2.23. The molecule has 1 aliphatic heterocycles. The Morgan fingerprint density at radius 2 is 0.705 bits per heavy atom. The summed E-state index contributed by atoms with van der Waals surface area (Å²) in [7, 11) is 0. The molecule has 1 rings (SSSR count). The van der Waals surface area contributed by atoms with Gasteiger partial charge in [-0.25, -0.2) is 0 Å². The number of hydrogen-bond donors (Lipinski definition) is 6. The number of rotatable bonds is 62. The molecule has 6 N–H and O–H groups in total. The van der Waals surface area contributed by atoms with E-state index in [0.29, 0.717) is 12.8 Å². The minimum atomic E-state index is -1.56. The molecule has 0 saturated carbocycles. The monoisotopic (exact) mass is 1230 g/mol. The Kier molecular flexibility index (Phi) is 62.0. The topological polar surface area (TPSA) is 149 Å². The van der Waals surface area contributed by atoms with Crippen LogP contribution in [-0.2, 0) is 14.3 Å². The normalized spacial score (nSPS) is 18.7. The predicted molar refractivity (Wildman–Crippen MR) is 377 cm³/mol. The molecule has 504 valence electrons. The SMILES string of the molecule is CC/C=C\C/C=C\C/C=C\C/C=C\C/C=C\C/C=C\C/C=C\C/C=C\C/C=C\C/C=C\C/C=C\CCCCCCCCCC(=O)NC(COC1OC(CO)C(O)C(O)C1O)C(O)CCCCCCCCCCCCCCCCCCCCCCCCCC. The van der Waals surface area contributed by atoms with Crippen LogP contribution in [0.1, 0.15) is 303 Å². The van der Waals surface area contributed by atoms with Crippen LogP contribution in [0.25, 0.3) is 0 Å². The summed E-state index contributed by atoms with van der Waals surface area (Å²) < 4.78 is 11.4. The van der Waals surface area contributed by atoms with E-state index in [1.54, 1.807) is 0 Å². The van der Waals surface area contributed by atoms with Gasteiger partial charge < -0.3 is 40.3 Å². The van der Waals surface area contributed by atoms with Crippen molar-refractivity contribution in [3.63, 3.8) is 0 Å². The molecule has 0 bridgehead atoms. The Hall–Kier alpha value is -3.67. The third kappa shape index (κ3) is 54.1. The standard InChI is InChI=1S/C79H135NO8/c1-3-5-7-9-11-13-15-17-19-21-23-25-27-29-30-31-32-33-34-35-36-37-38-39-40-41-42-43-44-45-47-49-51-53-55-57-59-61-63-65-67-69-75(83)80-72(71-87-79-78(86)77(85)76(84)74(70-81)88-79)73(82)68-66-64-62-60-58-56-54-52-50-48-46-28-26-24-22-20-18-16-14-12-10-8-6-4-2/h5,7,11,13,17,19,23,25,29-30,32-33,35-36,38-39,41-42,44-45,49,51,72-74,76-79,81-82,84-86H,3-4,6,8-10,12,14-16,18,20-22,24,26-28,31,34,37,40,43,46-48,50,52-71H2,1-2H3,(H,80,83)/b7-5-,13-11-,19-17-,25-23-,30-29-,33-32-,36-35-,39-38-,42-41-,45-44-,51-49-. The average molecular weight is 1230 g/mol. The number of unbranched alkanes of at least 4 members (excludes halogenated alkanes) is 30. The lowest BCUT2D eigenvalue weighted by molar-refractivity contribution is -0.302. The summed E-state index contributed by atoms with van der Waals surface area (Å²) in [6, 6.07) is -0.736. The molecular weight excluding hydrogens is 1090 g/mol. The van der Waals surface area contributed by atoms with Gasteiger partial charge in [0.2, 0.25) is 5.91 Å². The van der Waals surface area contributed by atoms with Gasteiger partial charge in [0.1, 0.15) is 24.4 Å². The third-order valence-electron chi connectivity index (χ3n) is 16.5. The van der Waals surface area contributed by atoms with Crippen LogP contribution in [0.15, 0.2) is 134 Å². The van der Waals surface area contributed by atoms with E-state index in [4.69, 9.17) is 9.47 Å². The highest BCUT2D eigenvalue weighted by atomic mass is 16.7. The van der Waals surface area contributed by atoms with Gasteiger partial charge in [0, 0.05) is 6.42 Å². The van der Waals surface area contributed by atoms with E-state index in [-0.39, 0.29) is 12.5 Å². The van der Waals surface area contributed by atoms with Crippen molar-refractivity contribution < 1.29 is 39.8 Å². The molecule has 0 spiro atoms. The Morgan fingerprint density at radius 1 is 0.398 bits per heavy atom. The number of amides is 1. The predicted octanol–water partition coefficient (Wildman–Crippen LogP) is 20.4. The van der Waals surface area contributed by atoms with Gasteiger partial charge in [-0.15, -0.1) is 0 Å². The maximum absolute atomic E-state index is 13.2. The second-order valence-corrected chi connectivity index (χ2v) is 24.7. The lowest BCUT2D eigenvalue weighted by atomic mass is 9.99. The number of aliphatic hydroxyl groups excluding tert-OH is 5. The first kappa shape index (κ1) is 82.3. The fourth-order valence-electron chi connectivity index (χ4n) is 10.9. The molecule has 0 radical (unpaired) electrons. The molecule has 7 atom stereocenters. The summed E-state index contributed by atoms with van der Waals surface area (Å²) in [5.41, 5.74) is 0. The lowest BCUT2D eigenvalue weighted by Crippen LogP contribution is -2.60. The Bertz CT molecular complexity index is 1860. The molecule has 88 heavy (non-hydrogen) atoms. The van der Waals surface area contributed by atoms with Gasteiger partial charge in [-0.3, -0.25) is 4.79 Å². The van der Waals surface area contributed by atoms with E-state index in [9.17, 15) is 30.3 Å². The van der Waals surface area contributed by atoms with Crippen molar-refractivity contribution in [2.75, 3.05) is 13.2 Å². The highest BCUT2D eigenvalue weighted by Gasteiger charge is 2.44. The Labute approximate surface area is 541 Å². The van der Waals surface area contributed by atoms with Gasteiger partial charge in [0.05, 0.1) is 25.4 Å². The molecule has 9 heteroatoms. The maximum atomic E-state index is 13.2. The van der Waals surface area contributed by atoms with Crippen molar-refractivity contribution >= 4 is 5.91 Å². The van der Waals surface area contributed by atoms with E-state index in [1.165, 1.54) is 154 Å². The van der Waals surface area contributed by atoms with Crippen LogP contribution in [0.5, 0.6) is 0 Å². The number of ether oxygens (including phenoxy) is 2. The van der Waals surface area contributed by atoms with Crippen molar-refractivity contribution in [2.45, 2.75) is 346 Å². The fraction of sp³-hybridized carbons (Fsp3) is 0.709. The van der Waals surface area contributed by atoms with Gasteiger partial charge in [0.15, 0.2) is 6.29 Å². The van der Waals surface area contributed by atoms with Gasteiger partial charge in [-0.05, 0) is 96.3 Å². The Balaban J connectivity index is 2.14. The van der Waals surface area contributed by atoms with Gasteiger partial charge in [-0.2, -0.15) is 0 Å². The van der Waals surface area contributed by atoms with Crippen molar-refractivity contribution in [1.29, 1.82) is 0 Å². The molecule has 9 nitrogen and oxygen atoms in total. The van der Waals surface area contributed by atoms with Crippen molar-refractivity contribution in [3.05, 3.63) is 134 Å². The fourth-order valence-corrected chi connectivity index (χ4v) is 10.9. The van der Waals surface area contributed by atoms with Crippen LogP contribution in [0.3, 0.4) is 0 Å². The first-order valence-electron chi connectivity index (χ1n) is 36.4. The zero-order chi connectivity index (χ0) is 63.5. The number of allylic oxidation sites excluding steroid dienone is 22. The summed E-state index contributed by atoms with van der Waals surface area (Å²) in [5, 5.41) is 55.0. The van der Waals surface area contributed by atoms with Crippen LogP contribution in [0.2, 0.25) is 0 Å². The maximum Gasteiger partial charge on any atom is 0.220 e. The summed E-state index contributed by atoms with van der Waals surface area (Å²) in [6.45, 7) is 3.74. The molecule has 1 heterocycles. The molecule has 0 aliphatic carbocycles. The minimum absolute atomic E-state index is 0.149. The smallest absolute Gasteiger partial charge is 0.220 e. The molecule has 7 unspecified atom stereocenters. The molecular formula is C79H135NO8. The number of aliphatic hydroxyl groups is 5.